The van der Waals surface area contributed by atoms with Crippen LogP contribution >= 0.6 is 0 Å². The Morgan fingerprint density at radius 3 is 2.00 bits per heavy atom. The summed E-state index contributed by atoms with van der Waals surface area (Å²) in [4.78, 5) is 0. The Kier molecular flexibility index (Phi) is 4.12. The minimum atomic E-state index is -1.42. The highest BCUT2D eigenvalue weighted by atomic mass is 28.3. The minimum Gasteiger partial charge on any atom is -0.714 e. The van der Waals surface area contributed by atoms with Crippen LogP contribution in [0.5, 0.6) is 0 Å². The van der Waals surface area contributed by atoms with Crippen LogP contribution < -0.4 is 0 Å². The average Bonchev–Trinajstić information content (AvgIpc) is 2.55. The van der Waals surface area contributed by atoms with Gasteiger partial charge < -0.3 is 5.21 Å². The van der Waals surface area contributed by atoms with Crippen LogP contribution in [0.3, 0.4) is 0 Å². The van der Waals surface area contributed by atoms with Crippen LogP contribution in [0.15, 0.2) is 24.3 Å². The van der Waals surface area contributed by atoms with Crippen molar-refractivity contribution < 1.29 is 9.95 Å². The molecule has 4 nitrogen and oxygen atoms in total. The summed E-state index contributed by atoms with van der Waals surface area (Å²) in [5.74, 6) is 3.35. The first kappa shape index (κ1) is 17.6. The lowest BCUT2D eigenvalue weighted by atomic mass is 9.84. The Labute approximate surface area is 140 Å². The van der Waals surface area contributed by atoms with Gasteiger partial charge in [-0.25, -0.2) is 0 Å². The summed E-state index contributed by atoms with van der Waals surface area (Å²) in [7, 11) is -1.42. The monoisotopic (exact) mass is 329 g/mol. The summed E-state index contributed by atoms with van der Waals surface area (Å²) in [5.41, 5.74) is 3.26. The molecule has 0 spiro atoms. The molecule has 1 aromatic rings. The number of benzene rings is 1. The van der Waals surface area contributed by atoms with Crippen LogP contribution in [0.1, 0.15) is 38.8 Å². The predicted molar refractivity (Wildman–Crippen MR) is 95.1 cm³/mol. The fourth-order valence-corrected chi connectivity index (χ4v) is 2.83. The molecule has 0 N–H and O–H groups in total. The normalized spacial score (nSPS) is 19.6. The molecule has 0 saturated heterocycles. The van der Waals surface area contributed by atoms with E-state index in [9.17, 15) is 10.4 Å². The number of hydrogen-bond donors (Lipinski definition) is 0. The van der Waals surface area contributed by atoms with Gasteiger partial charge in [-0.15, -0.1) is 5.54 Å². The summed E-state index contributed by atoms with van der Waals surface area (Å²) in [6, 6.07) is 7.35. The van der Waals surface area contributed by atoms with Crippen molar-refractivity contribution in [3.8, 4) is 11.5 Å². The Hall–Kier alpha value is -1.77. The smallest absolute Gasteiger partial charge is 0.316 e. The predicted octanol–water partition coefficient (Wildman–Crippen LogP) is 3.39. The van der Waals surface area contributed by atoms with Crippen molar-refractivity contribution in [3.05, 3.63) is 40.6 Å². The van der Waals surface area contributed by atoms with Gasteiger partial charge in [-0.05, 0) is 52.0 Å². The number of nitrogens with zero attached hydrogens (tertiary/aromatic N) is 2. The molecule has 5 heteroatoms. The fraction of sp³-hybridized carbons (Fsp3) is 0.500. The van der Waals surface area contributed by atoms with Crippen LogP contribution in [0, 0.1) is 16.7 Å². The van der Waals surface area contributed by atoms with E-state index in [4.69, 9.17) is 0 Å². The number of hydroxylamine groups is 3. The average molecular weight is 329 g/mol. The standard InChI is InChI=1S/C18H25N2O2Si/c1-17(2)18(3,4)20(22)16(19(17)21)15-10-8-14(9-11-15)12-13-23(5,6)7/h8-11H,1-7H3. The van der Waals surface area contributed by atoms with E-state index in [0.29, 0.717) is 5.56 Å². The minimum absolute atomic E-state index is 0.171. The van der Waals surface area contributed by atoms with Gasteiger partial charge in [0.1, 0.15) is 13.6 Å². The molecule has 1 aliphatic rings. The van der Waals surface area contributed by atoms with E-state index in [0.717, 1.165) is 15.4 Å². The van der Waals surface area contributed by atoms with Gasteiger partial charge in [0.05, 0.1) is 5.56 Å². The highest BCUT2D eigenvalue weighted by molar-refractivity contribution is 6.83. The van der Waals surface area contributed by atoms with Crippen molar-refractivity contribution >= 4 is 13.9 Å². The van der Waals surface area contributed by atoms with Crippen molar-refractivity contribution in [2.45, 2.75) is 58.4 Å². The molecule has 0 atom stereocenters. The van der Waals surface area contributed by atoms with Gasteiger partial charge in [-0.2, -0.15) is 0 Å². The summed E-state index contributed by atoms with van der Waals surface area (Å²) in [6.07, 6.45) is 0. The third-order valence-electron chi connectivity index (χ3n) is 4.62. The summed E-state index contributed by atoms with van der Waals surface area (Å²) >= 11 is 0. The largest absolute Gasteiger partial charge is 0.714 e. The first-order valence-corrected chi connectivity index (χ1v) is 11.3. The molecule has 1 aromatic carbocycles. The van der Waals surface area contributed by atoms with E-state index in [1.807, 2.05) is 12.1 Å². The van der Waals surface area contributed by atoms with E-state index >= 15 is 0 Å². The Bertz CT molecular complexity index is 701. The van der Waals surface area contributed by atoms with E-state index in [2.05, 4.69) is 31.1 Å². The molecule has 23 heavy (non-hydrogen) atoms. The van der Waals surface area contributed by atoms with Gasteiger partial charge in [0.25, 0.3) is 0 Å². The van der Waals surface area contributed by atoms with Crippen molar-refractivity contribution in [2.24, 2.45) is 0 Å². The summed E-state index contributed by atoms with van der Waals surface area (Å²) in [6.45, 7) is 13.8. The van der Waals surface area contributed by atoms with Gasteiger partial charge in [0, 0.05) is 10.8 Å². The maximum absolute atomic E-state index is 12.6. The SMILES string of the molecule is CC1(C)N([O])C(c2ccc(C#C[Si](C)(C)C)cc2)=[N+]([O-])C1(C)C. The van der Waals surface area contributed by atoms with Crippen LogP contribution in [0.2, 0.25) is 19.6 Å². The maximum Gasteiger partial charge on any atom is 0.316 e. The maximum atomic E-state index is 12.6. The molecule has 0 aliphatic carbocycles. The van der Waals surface area contributed by atoms with Crippen LogP contribution in [-0.2, 0) is 5.21 Å². The molecule has 0 unspecified atom stereocenters. The number of amidine groups is 1. The first-order valence-electron chi connectivity index (χ1n) is 7.83. The molecular weight excluding hydrogens is 304 g/mol. The highest BCUT2D eigenvalue weighted by Gasteiger charge is 2.59. The molecule has 123 valence electrons. The molecule has 0 amide bonds. The molecule has 1 aliphatic heterocycles. The third kappa shape index (κ3) is 3.01. The third-order valence-corrected chi connectivity index (χ3v) is 5.50. The fourth-order valence-electron chi connectivity index (χ4n) is 2.31. The van der Waals surface area contributed by atoms with Crippen molar-refractivity contribution in [3.63, 3.8) is 0 Å². The van der Waals surface area contributed by atoms with E-state index in [-0.39, 0.29) is 5.84 Å². The topological polar surface area (TPSA) is 49.2 Å². The van der Waals surface area contributed by atoms with Crippen LogP contribution in [0.4, 0.5) is 0 Å². The quantitative estimate of drug-likeness (QED) is 0.343. The number of hydrogen-bond acceptors (Lipinski definition) is 2. The van der Waals surface area contributed by atoms with Gasteiger partial charge in [-0.3, -0.25) is 4.74 Å². The Balaban J connectivity index is 2.40. The zero-order chi connectivity index (χ0) is 17.6. The van der Waals surface area contributed by atoms with Crippen molar-refractivity contribution in [2.75, 3.05) is 0 Å². The van der Waals surface area contributed by atoms with Gasteiger partial charge >= 0.3 is 5.84 Å². The zero-order valence-electron chi connectivity index (χ0n) is 15.0. The molecule has 0 fully saturated rings. The van der Waals surface area contributed by atoms with Crippen LogP contribution in [-0.4, -0.2) is 34.8 Å². The molecule has 1 radical (unpaired) electrons. The Morgan fingerprint density at radius 2 is 1.61 bits per heavy atom. The molecular formula is C18H25N2O2Si. The molecule has 1 heterocycles. The molecule has 0 bridgehead atoms. The Morgan fingerprint density at radius 1 is 1.09 bits per heavy atom. The van der Waals surface area contributed by atoms with Crippen molar-refractivity contribution in [1.82, 2.24) is 5.06 Å². The molecule has 0 saturated carbocycles. The first-order chi connectivity index (χ1) is 10.4. The lowest BCUT2D eigenvalue weighted by Crippen LogP contribution is -2.53. The number of rotatable bonds is 1. The second kappa shape index (κ2) is 5.40. The van der Waals surface area contributed by atoms with Crippen LogP contribution in [0.25, 0.3) is 0 Å². The summed E-state index contributed by atoms with van der Waals surface area (Å²) < 4.78 is 0.836. The van der Waals surface area contributed by atoms with Gasteiger partial charge in [0.2, 0.25) is 0 Å². The zero-order valence-corrected chi connectivity index (χ0v) is 16.0. The van der Waals surface area contributed by atoms with Gasteiger partial charge in [-0.1, -0.05) is 30.6 Å². The lowest BCUT2D eigenvalue weighted by Gasteiger charge is -2.32. The van der Waals surface area contributed by atoms with E-state index in [1.54, 1.807) is 39.8 Å². The molecule has 0 aromatic heterocycles. The summed E-state index contributed by atoms with van der Waals surface area (Å²) in [5, 5.41) is 26.1. The van der Waals surface area contributed by atoms with Gasteiger partial charge in [0.15, 0.2) is 5.54 Å². The second-order valence-corrected chi connectivity index (χ2v) is 12.9. The molecule has 2 rings (SSSR count). The highest BCUT2D eigenvalue weighted by Crippen LogP contribution is 2.37. The van der Waals surface area contributed by atoms with E-state index in [1.165, 1.54) is 0 Å². The lowest BCUT2D eigenvalue weighted by molar-refractivity contribution is -0.539. The van der Waals surface area contributed by atoms with Crippen molar-refractivity contribution in [1.29, 1.82) is 0 Å². The van der Waals surface area contributed by atoms with E-state index < -0.39 is 19.2 Å². The second-order valence-electron chi connectivity index (χ2n) is 8.11.